The summed E-state index contributed by atoms with van der Waals surface area (Å²) in [5.74, 6) is -0.327. The standard InChI is InChI=1S/C12H23NO5/c1-9(2)18-7-10(14)6-13-4-5-17-8-11(13)12(15)16-3/h9-11,14H,4-8H2,1-3H3. The van der Waals surface area contributed by atoms with Crippen molar-refractivity contribution in [3.63, 3.8) is 0 Å². The van der Waals surface area contributed by atoms with Crippen LogP contribution in [0.3, 0.4) is 0 Å². The molecule has 0 aromatic heterocycles. The van der Waals surface area contributed by atoms with Crippen LogP contribution in [0.5, 0.6) is 0 Å². The van der Waals surface area contributed by atoms with Crippen LogP contribution in [0, 0.1) is 0 Å². The van der Waals surface area contributed by atoms with Gasteiger partial charge < -0.3 is 19.3 Å². The summed E-state index contributed by atoms with van der Waals surface area (Å²) < 4.78 is 15.3. The third kappa shape index (κ3) is 4.89. The fourth-order valence-electron chi connectivity index (χ4n) is 1.84. The minimum atomic E-state index is -0.613. The van der Waals surface area contributed by atoms with Crippen LogP contribution in [0.25, 0.3) is 0 Å². The van der Waals surface area contributed by atoms with Crippen LogP contribution in [0.15, 0.2) is 0 Å². The molecular formula is C12H23NO5. The molecule has 1 fully saturated rings. The SMILES string of the molecule is COC(=O)C1COCCN1CC(O)COC(C)C. The molecule has 106 valence electrons. The molecule has 0 amide bonds. The van der Waals surface area contributed by atoms with Crippen LogP contribution in [-0.4, -0.2) is 74.2 Å². The van der Waals surface area contributed by atoms with Crippen molar-refractivity contribution in [2.24, 2.45) is 0 Å². The molecule has 1 aliphatic heterocycles. The second kappa shape index (κ2) is 7.68. The van der Waals surface area contributed by atoms with Gasteiger partial charge >= 0.3 is 5.97 Å². The quantitative estimate of drug-likeness (QED) is 0.659. The summed E-state index contributed by atoms with van der Waals surface area (Å²) in [5, 5.41) is 9.86. The highest BCUT2D eigenvalue weighted by Gasteiger charge is 2.31. The van der Waals surface area contributed by atoms with Crippen molar-refractivity contribution in [3.8, 4) is 0 Å². The summed E-state index contributed by atoms with van der Waals surface area (Å²) in [5.41, 5.74) is 0. The number of hydrogen-bond acceptors (Lipinski definition) is 6. The average Bonchev–Trinajstić information content (AvgIpc) is 2.36. The van der Waals surface area contributed by atoms with Crippen LogP contribution in [0.1, 0.15) is 13.8 Å². The molecular weight excluding hydrogens is 238 g/mol. The van der Waals surface area contributed by atoms with Gasteiger partial charge in [0.15, 0.2) is 0 Å². The van der Waals surface area contributed by atoms with Gasteiger partial charge in [0.1, 0.15) is 6.04 Å². The van der Waals surface area contributed by atoms with E-state index in [9.17, 15) is 9.90 Å². The molecule has 1 aliphatic rings. The maximum Gasteiger partial charge on any atom is 0.325 e. The van der Waals surface area contributed by atoms with E-state index >= 15 is 0 Å². The molecule has 0 aromatic carbocycles. The zero-order chi connectivity index (χ0) is 13.5. The summed E-state index contributed by atoms with van der Waals surface area (Å²) in [7, 11) is 1.35. The van der Waals surface area contributed by atoms with Crippen LogP contribution in [0.4, 0.5) is 0 Å². The van der Waals surface area contributed by atoms with Crippen molar-refractivity contribution < 1.29 is 24.1 Å². The number of carbonyl (C=O) groups excluding carboxylic acids is 1. The number of aliphatic hydroxyl groups excluding tert-OH is 1. The number of ether oxygens (including phenoxy) is 3. The Balaban J connectivity index is 2.43. The molecule has 18 heavy (non-hydrogen) atoms. The first-order valence-corrected chi connectivity index (χ1v) is 6.24. The van der Waals surface area contributed by atoms with Gasteiger partial charge in [-0.15, -0.1) is 0 Å². The molecule has 0 bridgehead atoms. The van der Waals surface area contributed by atoms with Gasteiger partial charge in [-0.25, -0.2) is 0 Å². The third-order valence-corrected chi connectivity index (χ3v) is 2.78. The van der Waals surface area contributed by atoms with E-state index in [1.54, 1.807) is 0 Å². The highest BCUT2D eigenvalue weighted by atomic mass is 16.5. The van der Waals surface area contributed by atoms with E-state index in [4.69, 9.17) is 14.2 Å². The molecule has 0 spiro atoms. The number of aliphatic hydroxyl groups is 1. The lowest BCUT2D eigenvalue weighted by Crippen LogP contribution is -2.53. The van der Waals surface area contributed by atoms with Crippen molar-refractivity contribution >= 4 is 5.97 Å². The number of rotatable bonds is 6. The number of β-amino-alcohol motifs (C(OH)–C–C–N with tert-alkyl or cyclic N) is 1. The van der Waals surface area contributed by atoms with Crippen molar-refractivity contribution in [2.45, 2.75) is 32.1 Å². The fourth-order valence-corrected chi connectivity index (χ4v) is 1.84. The van der Waals surface area contributed by atoms with E-state index < -0.39 is 12.1 Å². The van der Waals surface area contributed by atoms with E-state index in [-0.39, 0.29) is 18.7 Å². The van der Waals surface area contributed by atoms with Crippen molar-refractivity contribution in [2.75, 3.05) is 40.0 Å². The molecule has 2 atom stereocenters. The summed E-state index contributed by atoms with van der Waals surface area (Å²) in [6.45, 7) is 5.96. The Bertz CT molecular complexity index is 259. The molecule has 1 heterocycles. The first-order valence-electron chi connectivity index (χ1n) is 6.24. The van der Waals surface area contributed by atoms with Gasteiger partial charge in [0.25, 0.3) is 0 Å². The van der Waals surface area contributed by atoms with Gasteiger partial charge in [0, 0.05) is 13.1 Å². The highest BCUT2D eigenvalue weighted by molar-refractivity contribution is 5.75. The molecule has 0 aromatic rings. The van der Waals surface area contributed by atoms with Gasteiger partial charge in [0.2, 0.25) is 0 Å². The first-order chi connectivity index (χ1) is 8.54. The Morgan fingerprint density at radius 1 is 1.56 bits per heavy atom. The Morgan fingerprint density at radius 3 is 2.89 bits per heavy atom. The molecule has 1 rings (SSSR count). The molecule has 6 nitrogen and oxygen atoms in total. The maximum absolute atomic E-state index is 11.6. The Morgan fingerprint density at radius 2 is 2.28 bits per heavy atom. The maximum atomic E-state index is 11.6. The number of hydrogen-bond donors (Lipinski definition) is 1. The van der Waals surface area contributed by atoms with Gasteiger partial charge in [-0.2, -0.15) is 0 Å². The minimum absolute atomic E-state index is 0.0840. The topological polar surface area (TPSA) is 68.2 Å². The Kier molecular flexibility index (Phi) is 6.56. The zero-order valence-electron chi connectivity index (χ0n) is 11.3. The number of methoxy groups -OCH3 is 1. The number of carbonyl (C=O) groups is 1. The van der Waals surface area contributed by atoms with Gasteiger partial charge in [0.05, 0.1) is 39.1 Å². The molecule has 0 saturated carbocycles. The molecule has 0 radical (unpaired) electrons. The molecule has 1 N–H and O–H groups in total. The number of morpholine rings is 1. The van der Waals surface area contributed by atoms with Gasteiger partial charge in [-0.05, 0) is 13.8 Å². The van der Waals surface area contributed by atoms with Crippen molar-refractivity contribution in [1.82, 2.24) is 4.90 Å². The van der Waals surface area contributed by atoms with Gasteiger partial charge in [-0.1, -0.05) is 0 Å². The van der Waals surface area contributed by atoms with Crippen LogP contribution in [0.2, 0.25) is 0 Å². The van der Waals surface area contributed by atoms with E-state index in [1.807, 2.05) is 18.7 Å². The average molecular weight is 261 g/mol. The largest absolute Gasteiger partial charge is 0.468 e. The lowest BCUT2D eigenvalue weighted by molar-refractivity contribution is -0.154. The molecule has 2 unspecified atom stereocenters. The van der Waals surface area contributed by atoms with Crippen molar-refractivity contribution in [1.29, 1.82) is 0 Å². The smallest absolute Gasteiger partial charge is 0.325 e. The molecule has 1 saturated heterocycles. The van der Waals surface area contributed by atoms with E-state index in [1.165, 1.54) is 7.11 Å². The van der Waals surface area contributed by atoms with Crippen LogP contribution in [-0.2, 0) is 19.0 Å². The van der Waals surface area contributed by atoms with E-state index in [0.717, 1.165) is 0 Å². The summed E-state index contributed by atoms with van der Waals surface area (Å²) >= 11 is 0. The summed E-state index contributed by atoms with van der Waals surface area (Å²) in [6.07, 6.45) is -0.529. The normalized spacial score (nSPS) is 23.1. The predicted octanol–water partition coefficient (Wildman–Crippen LogP) is -0.354. The lowest BCUT2D eigenvalue weighted by atomic mass is 10.2. The molecule has 0 aliphatic carbocycles. The summed E-state index contributed by atoms with van der Waals surface area (Å²) in [6, 6.07) is -0.433. The first kappa shape index (κ1) is 15.4. The second-order valence-electron chi connectivity index (χ2n) is 4.64. The highest BCUT2D eigenvalue weighted by Crippen LogP contribution is 2.09. The minimum Gasteiger partial charge on any atom is -0.468 e. The van der Waals surface area contributed by atoms with Crippen LogP contribution >= 0.6 is 0 Å². The number of esters is 1. The van der Waals surface area contributed by atoms with Gasteiger partial charge in [-0.3, -0.25) is 9.69 Å². The van der Waals surface area contributed by atoms with E-state index in [2.05, 4.69) is 0 Å². The number of nitrogens with zero attached hydrogens (tertiary/aromatic N) is 1. The fraction of sp³-hybridized carbons (Fsp3) is 0.917. The third-order valence-electron chi connectivity index (χ3n) is 2.78. The Labute approximate surface area is 108 Å². The second-order valence-corrected chi connectivity index (χ2v) is 4.64. The Hall–Kier alpha value is -0.690. The van der Waals surface area contributed by atoms with Crippen LogP contribution < -0.4 is 0 Å². The molecule has 6 heteroatoms. The van der Waals surface area contributed by atoms with Crippen molar-refractivity contribution in [3.05, 3.63) is 0 Å². The van der Waals surface area contributed by atoms with E-state index in [0.29, 0.717) is 26.3 Å². The summed E-state index contributed by atoms with van der Waals surface area (Å²) in [4.78, 5) is 13.4. The predicted molar refractivity (Wildman–Crippen MR) is 65.3 cm³/mol. The lowest BCUT2D eigenvalue weighted by Gasteiger charge is -2.34. The zero-order valence-corrected chi connectivity index (χ0v) is 11.3. The monoisotopic (exact) mass is 261 g/mol.